The van der Waals surface area contributed by atoms with Crippen LogP contribution in [0.2, 0.25) is 0 Å². The standard InChI is InChI=1S/C55H46N2/c1-54(2)48-17-9-6-15-43(48)47-31-39(22-25-49(47)54)56(41-21-24-46-45-16-8-11-19-52(45)57(53(46)33-41)38-12-4-3-5-13-38)40-20-23-44-42-14-7-10-18-50(42)55(51(44)32-40)36-27-34-26-35(29-36)30-37(55)28-34/h3-25,31-37H,26-30H2,1-2H3. The van der Waals surface area contributed by atoms with E-state index in [0.29, 0.717) is 0 Å². The minimum Gasteiger partial charge on any atom is -0.310 e. The Kier molecular flexibility index (Phi) is 6.44. The van der Waals surface area contributed by atoms with Crippen LogP contribution >= 0.6 is 0 Å². The molecule has 0 aliphatic heterocycles. The monoisotopic (exact) mass is 734 g/mol. The Balaban J connectivity index is 1.07. The van der Waals surface area contributed by atoms with Crippen molar-refractivity contribution in [2.24, 2.45) is 23.7 Å². The van der Waals surface area contributed by atoms with Crippen LogP contribution < -0.4 is 4.90 Å². The summed E-state index contributed by atoms with van der Waals surface area (Å²) in [5.41, 5.74) is 19.0. The molecule has 0 radical (unpaired) electrons. The van der Waals surface area contributed by atoms with Gasteiger partial charge in [-0.2, -0.15) is 0 Å². The molecule has 1 spiro atoms. The molecule has 57 heavy (non-hydrogen) atoms. The SMILES string of the molecule is CC1(C)c2ccccc2-c2cc(N(c3ccc4c(c3)C3(c5ccccc5-4)C4CC5CC(C4)CC3C5)c3ccc4c5ccccc5n(-c5ccccc5)c4c3)ccc21. The minimum atomic E-state index is -0.0456. The van der Waals surface area contributed by atoms with Gasteiger partial charge in [-0.1, -0.05) is 117 Å². The molecule has 4 bridgehead atoms. The van der Waals surface area contributed by atoms with Crippen LogP contribution in [0.4, 0.5) is 17.1 Å². The lowest BCUT2D eigenvalue weighted by Crippen LogP contribution is -2.55. The lowest BCUT2D eigenvalue weighted by molar-refractivity contribution is -0.0399. The van der Waals surface area contributed by atoms with Crippen LogP contribution in [0.25, 0.3) is 49.7 Å². The molecule has 4 fully saturated rings. The van der Waals surface area contributed by atoms with Gasteiger partial charge >= 0.3 is 0 Å². The summed E-state index contributed by atoms with van der Waals surface area (Å²) in [6.07, 6.45) is 7.00. The van der Waals surface area contributed by atoms with E-state index in [9.17, 15) is 0 Å². The number of hydrogen-bond donors (Lipinski definition) is 0. The van der Waals surface area contributed by atoms with Gasteiger partial charge in [0.15, 0.2) is 0 Å². The van der Waals surface area contributed by atoms with Crippen molar-refractivity contribution in [1.29, 1.82) is 0 Å². The number of hydrogen-bond acceptors (Lipinski definition) is 1. The molecule has 0 saturated heterocycles. The number of para-hydroxylation sites is 2. The molecule has 276 valence electrons. The van der Waals surface area contributed by atoms with Crippen molar-refractivity contribution >= 4 is 38.9 Å². The molecular weight excluding hydrogens is 689 g/mol. The van der Waals surface area contributed by atoms with Crippen LogP contribution in [0.15, 0.2) is 158 Å². The van der Waals surface area contributed by atoms with E-state index in [4.69, 9.17) is 0 Å². The van der Waals surface area contributed by atoms with Gasteiger partial charge in [-0.15, -0.1) is 0 Å². The number of anilines is 3. The molecule has 0 N–H and O–H groups in total. The van der Waals surface area contributed by atoms with Crippen molar-refractivity contribution in [1.82, 2.24) is 4.57 Å². The fourth-order valence-electron chi connectivity index (χ4n) is 13.5. The minimum absolute atomic E-state index is 0.0456. The average Bonchev–Trinajstić information content (AvgIpc) is 3.81. The van der Waals surface area contributed by atoms with Gasteiger partial charge in [-0.05, 0) is 155 Å². The second kappa shape index (κ2) is 11.4. The first-order chi connectivity index (χ1) is 28.0. The summed E-state index contributed by atoms with van der Waals surface area (Å²) < 4.78 is 2.46. The first kappa shape index (κ1) is 32.2. The maximum absolute atomic E-state index is 2.65. The van der Waals surface area contributed by atoms with E-state index in [2.05, 4.69) is 181 Å². The normalized spacial score (nSPS) is 24.2. The summed E-state index contributed by atoms with van der Waals surface area (Å²) in [6, 6.07) is 60.4. The molecule has 7 aromatic carbocycles. The van der Waals surface area contributed by atoms with Gasteiger partial charge < -0.3 is 9.47 Å². The number of aromatic nitrogens is 1. The van der Waals surface area contributed by atoms with Gasteiger partial charge in [0.2, 0.25) is 0 Å². The highest BCUT2D eigenvalue weighted by atomic mass is 15.1. The van der Waals surface area contributed by atoms with Gasteiger partial charge in [0.25, 0.3) is 0 Å². The van der Waals surface area contributed by atoms with Gasteiger partial charge in [-0.3, -0.25) is 0 Å². The molecule has 6 aliphatic rings. The molecule has 0 atom stereocenters. The second-order valence-corrected chi connectivity index (χ2v) is 18.6. The number of nitrogens with zero attached hydrogens (tertiary/aromatic N) is 2. The van der Waals surface area contributed by atoms with Crippen LogP contribution in [-0.2, 0) is 10.8 Å². The quantitative estimate of drug-likeness (QED) is 0.175. The highest BCUT2D eigenvalue weighted by molar-refractivity contribution is 6.10. The van der Waals surface area contributed by atoms with Gasteiger partial charge in [0.05, 0.1) is 11.0 Å². The molecule has 4 saturated carbocycles. The summed E-state index contributed by atoms with van der Waals surface area (Å²) in [5, 5.41) is 2.56. The smallest absolute Gasteiger partial charge is 0.0561 e. The largest absolute Gasteiger partial charge is 0.310 e. The second-order valence-electron chi connectivity index (χ2n) is 18.6. The summed E-state index contributed by atoms with van der Waals surface area (Å²) >= 11 is 0. The molecule has 6 aliphatic carbocycles. The van der Waals surface area contributed by atoms with E-state index >= 15 is 0 Å². The average molecular weight is 735 g/mol. The topological polar surface area (TPSA) is 8.17 Å². The fraction of sp³-hybridized carbons (Fsp3) is 0.236. The zero-order valence-electron chi connectivity index (χ0n) is 32.8. The third-order valence-corrected chi connectivity index (χ3v) is 15.6. The number of fused-ring (bicyclic) bond motifs is 9. The van der Waals surface area contributed by atoms with Crippen molar-refractivity contribution in [3.63, 3.8) is 0 Å². The van der Waals surface area contributed by atoms with Gasteiger partial charge in [0, 0.05) is 44.4 Å². The van der Waals surface area contributed by atoms with E-state index in [1.807, 2.05) is 0 Å². The molecule has 2 nitrogen and oxygen atoms in total. The predicted octanol–water partition coefficient (Wildman–Crippen LogP) is 14.3. The first-order valence-corrected chi connectivity index (χ1v) is 21.4. The Morgan fingerprint density at radius 1 is 0.439 bits per heavy atom. The highest BCUT2D eigenvalue weighted by Crippen LogP contribution is 2.69. The Hall–Kier alpha value is -5.86. The lowest BCUT2D eigenvalue weighted by atomic mass is 9.43. The van der Waals surface area contributed by atoms with Gasteiger partial charge in [-0.25, -0.2) is 0 Å². The molecule has 1 aromatic heterocycles. The zero-order chi connectivity index (χ0) is 37.6. The van der Waals surface area contributed by atoms with E-state index in [1.54, 1.807) is 11.1 Å². The van der Waals surface area contributed by atoms with E-state index in [0.717, 1.165) is 23.7 Å². The highest BCUT2D eigenvalue weighted by Gasteiger charge is 2.61. The van der Waals surface area contributed by atoms with Crippen LogP contribution in [0.3, 0.4) is 0 Å². The Morgan fingerprint density at radius 3 is 1.79 bits per heavy atom. The Bertz CT molecular complexity index is 2930. The van der Waals surface area contributed by atoms with E-state index in [1.165, 1.54) is 110 Å². The van der Waals surface area contributed by atoms with E-state index < -0.39 is 0 Å². The van der Waals surface area contributed by atoms with Crippen molar-refractivity contribution in [2.45, 2.75) is 56.8 Å². The Morgan fingerprint density at radius 2 is 1.00 bits per heavy atom. The van der Waals surface area contributed by atoms with Gasteiger partial charge in [0.1, 0.15) is 0 Å². The first-order valence-electron chi connectivity index (χ1n) is 21.4. The molecule has 1 heterocycles. The fourth-order valence-corrected chi connectivity index (χ4v) is 13.5. The summed E-state index contributed by atoms with van der Waals surface area (Å²) in [4.78, 5) is 2.58. The molecule has 2 heteroatoms. The van der Waals surface area contributed by atoms with E-state index in [-0.39, 0.29) is 10.8 Å². The maximum Gasteiger partial charge on any atom is 0.0561 e. The molecule has 8 aromatic rings. The molecule has 14 rings (SSSR count). The van der Waals surface area contributed by atoms with Crippen molar-refractivity contribution in [2.75, 3.05) is 4.90 Å². The summed E-state index contributed by atoms with van der Waals surface area (Å²) in [7, 11) is 0. The van der Waals surface area contributed by atoms with Crippen LogP contribution in [0.1, 0.15) is 68.2 Å². The molecular formula is C55H46N2. The zero-order valence-corrected chi connectivity index (χ0v) is 32.8. The van der Waals surface area contributed by atoms with Crippen molar-refractivity contribution in [3.8, 4) is 27.9 Å². The number of benzene rings is 7. The summed E-state index contributed by atoms with van der Waals surface area (Å²) in [6.45, 7) is 4.77. The Labute approximate surface area is 335 Å². The third kappa shape index (κ3) is 4.21. The van der Waals surface area contributed by atoms with Crippen LogP contribution in [-0.4, -0.2) is 4.57 Å². The summed E-state index contributed by atoms with van der Waals surface area (Å²) in [5.74, 6) is 3.26. The maximum atomic E-state index is 2.65. The van der Waals surface area contributed by atoms with Crippen molar-refractivity contribution < 1.29 is 0 Å². The van der Waals surface area contributed by atoms with Crippen LogP contribution in [0.5, 0.6) is 0 Å². The predicted molar refractivity (Wildman–Crippen MR) is 236 cm³/mol. The molecule has 0 amide bonds. The van der Waals surface area contributed by atoms with Crippen molar-refractivity contribution in [3.05, 3.63) is 180 Å². The molecule has 0 unspecified atom stereocenters. The lowest BCUT2D eigenvalue weighted by Gasteiger charge is -2.61. The third-order valence-electron chi connectivity index (χ3n) is 15.6. The number of rotatable bonds is 4. The van der Waals surface area contributed by atoms with Crippen LogP contribution in [0, 0.1) is 23.7 Å².